The van der Waals surface area contributed by atoms with Crippen LogP contribution in [0.3, 0.4) is 0 Å². The van der Waals surface area contributed by atoms with Gasteiger partial charge in [0.25, 0.3) is 5.91 Å². The molecular weight excluding hydrogens is 411 g/mol. The molecular formula is C16H23IN2O4. The van der Waals surface area contributed by atoms with E-state index < -0.39 is 11.7 Å². The number of hydrogen-bond donors (Lipinski definition) is 2. The summed E-state index contributed by atoms with van der Waals surface area (Å²) < 4.78 is 11.0. The molecule has 0 aliphatic rings. The molecule has 0 aliphatic heterocycles. The highest BCUT2D eigenvalue weighted by Crippen LogP contribution is 2.15. The first-order chi connectivity index (χ1) is 10.7. The summed E-state index contributed by atoms with van der Waals surface area (Å²) in [5, 5.41) is 5.36. The molecule has 0 unspecified atom stereocenters. The van der Waals surface area contributed by atoms with Crippen LogP contribution in [-0.4, -0.2) is 38.0 Å². The molecule has 7 heteroatoms. The monoisotopic (exact) mass is 434 g/mol. The molecule has 0 saturated heterocycles. The third-order valence-electron chi connectivity index (χ3n) is 2.75. The van der Waals surface area contributed by atoms with Crippen molar-refractivity contribution in [1.29, 1.82) is 0 Å². The minimum absolute atomic E-state index is 0.178. The zero-order valence-electron chi connectivity index (χ0n) is 13.9. The van der Waals surface area contributed by atoms with Gasteiger partial charge in [-0.15, -0.1) is 0 Å². The summed E-state index contributed by atoms with van der Waals surface area (Å²) in [6, 6.07) is 5.46. The Morgan fingerprint density at radius 1 is 1.22 bits per heavy atom. The highest BCUT2D eigenvalue weighted by molar-refractivity contribution is 14.1. The summed E-state index contributed by atoms with van der Waals surface area (Å²) in [6.45, 7) is 6.12. The molecule has 0 aromatic heterocycles. The van der Waals surface area contributed by atoms with Crippen molar-refractivity contribution in [3.8, 4) is 0 Å². The van der Waals surface area contributed by atoms with Gasteiger partial charge in [-0.05, 0) is 67.5 Å². The average molecular weight is 434 g/mol. The average Bonchev–Trinajstić information content (AvgIpc) is 2.44. The van der Waals surface area contributed by atoms with Crippen LogP contribution in [-0.2, 0) is 15.9 Å². The topological polar surface area (TPSA) is 76.7 Å². The van der Waals surface area contributed by atoms with Crippen LogP contribution in [0.1, 0.15) is 36.7 Å². The van der Waals surface area contributed by atoms with Crippen LogP contribution in [0.2, 0.25) is 0 Å². The van der Waals surface area contributed by atoms with Crippen molar-refractivity contribution in [3.63, 3.8) is 0 Å². The standard InChI is InChI=1S/C16H23IN2O4/c1-16(2,3)23-15(21)18-8-7-11-5-6-12(9-13(11)17)14(20)19-10-22-4/h5-6,9H,7-8,10H2,1-4H3,(H,18,21)(H,19,20). The summed E-state index contributed by atoms with van der Waals surface area (Å²) in [4.78, 5) is 23.4. The van der Waals surface area contributed by atoms with Crippen LogP contribution < -0.4 is 10.6 Å². The minimum atomic E-state index is -0.504. The van der Waals surface area contributed by atoms with Gasteiger partial charge < -0.3 is 20.1 Å². The van der Waals surface area contributed by atoms with Gasteiger partial charge >= 0.3 is 6.09 Å². The normalized spacial score (nSPS) is 11.0. The number of carbonyl (C=O) groups excluding carboxylic acids is 2. The van der Waals surface area contributed by atoms with E-state index in [1.165, 1.54) is 7.11 Å². The second kappa shape index (κ2) is 9.07. The second-order valence-electron chi connectivity index (χ2n) is 5.92. The van der Waals surface area contributed by atoms with Gasteiger partial charge in [-0.2, -0.15) is 0 Å². The zero-order valence-corrected chi connectivity index (χ0v) is 16.0. The predicted molar refractivity (Wildman–Crippen MR) is 96.4 cm³/mol. The largest absolute Gasteiger partial charge is 0.444 e. The van der Waals surface area contributed by atoms with E-state index in [4.69, 9.17) is 9.47 Å². The molecule has 0 atom stereocenters. The fourth-order valence-electron chi connectivity index (χ4n) is 1.74. The molecule has 0 spiro atoms. The molecule has 6 nitrogen and oxygen atoms in total. The number of alkyl carbamates (subject to hydrolysis) is 1. The number of amides is 2. The SMILES string of the molecule is COCNC(=O)c1ccc(CCNC(=O)OC(C)(C)C)c(I)c1. The van der Waals surface area contributed by atoms with Crippen molar-refractivity contribution in [1.82, 2.24) is 10.6 Å². The van der Waals surface area contributed by atoms with Crippen LogP contribution in [0.4, 0.5) is 4.79 Å². The van der Waals surface area contributed by atoms with Crippen molar-refractivity contribution in [2.24, 2.45) is 0 Å². The second-order valence-corrected chi connectivity index (χ2v) is 7.09. The fraction of sp³-hybridized carbons (Fsp3) is 0.500. The number of halogens is 1. The molecule has 0 fully saturated rings. The number of ether oxygens (including phenoxy) is 2. The number of methoxy groups -OCH3 is 1. The molecule has 1 rings (SSSR count). The summed E-state index contributed by atoms with van der Waals surface area (Å²) >= 11 is 2.18. The summed E-state index contributed by atoms with van der Waals surface area (Å²) in [5.41, 5.74) is 1.13. The molecule has 0 radical (unpaired) electrons. The minimum Gasteiger partial charge on any atom is -0.444 e. The lowest BCUT2D eigenvalue weighted by atomic mass is 10.1. The van der Waals surface area contributed by atoms with Crippen molar-refractivity contribution >= 4 is 34.6 Å². The molecule has 1 aromatic rings. The predicted octanol–water partition coefficient (Wildman–Crippen LogP) is 2.69. The highest BCUT2D eigenvalue weighted by Gasteiger charge is 2.15. The summed E-state index contributed by atoms with van der Waals surface area (Å²) in [7, 11) is 1.52. The Bertz CT molecular complexity index is 556. The molecule has 0 bridgehead atoms. The van der Waals surface area contributed by atoms with Gasteiger partial charge in [0.05, 0.1) is 0 Å². The van der Waals surface area contributed by atoms with Crippen molar-refractivity contribution in [2.75, 3.05) is 20.4 Å². The van der Waals surface area contributed by atoms with Gasteiger partial charge in [0.1, 0.15) is 12.3 Å². The smallest absolute Gasteiger partial charge is 0.407 e. The van der Waals surface area contributed by atoms with Gasteiger partial charge in [-0.1, -0.05) is 6.07 Å². The lowest BCUT2D eigenvalue weighted by molar-refractivity contribution is 0.0528. The van der Waals surface area contributed by atoms with E-state index in [0.717, 1.165) is 9.13 Å². The van der Waals surface area contributed by atoms with Gasteiger partial charge in [0, 0.05) is 22.8 Å². The molecule has 128 valence electrons. The number of carbonyl (C=O) groups is 2. The van der Waals surface area contributed by atoms with Crippen LogP contribution >= 0.6 is 22.6 Å². The van der Waals surface area contributed by atoms with E-state index in [1.807, 2.05) is 32.9 Å². The van der Waals surface area contributed by atoms with Gasteiger partial charge in [-0.25, -0.2) is 4.79 Å². The quantitative estimate of drug-likeness (QED) is 0.534. The van der Waals surface area contributed by atoms with E-state index >= 15 is 0 Å². The van der Waals surface area contributed by atoms with Crippen molar-refractivity contribution in [3.05, 3.63) is 32.9 Å². The molecule has 1 aromatic carbocycles. The Balaban J connectivity index is 2.52. The first kappa shape index (κ1) is 19.7. The number of rotatable bonds is 6. The number of benzene rings is 1. The number of hydrogen-bond acceptors (Lipinski definition) is 4. The Kier molecular flexibility index (Phi) is 7.77. The van der Waals surface area contributed by atoms with E-state index in [2.05, 4.69) is 33.2 Å². The van der Waals surface area contributed by atoms with Gasteiger partial charge in [-0.3, -0.25) is 4.79 Å². The maximum Gasteiger partial charge on any atom is 0.407 e. The lowest BCUT2D eigenvalue weighted by Gasteiger charge is -2.19. The highest BCUT2D eigenvalue weighted by atomic mass is 127. The third-order valence-corrected chi connectivity index (χ3v) is 3.76. The van der Waals surface area contributed by atoms with E-state index in [1.54, 1.807) is 6.07 Å². The van der Waals surface area contributed by atoms with Crippen LogP contribution in [0.25, 0.3) is 0 Å². The summed E-state index contributed by atoms with van der Waals surface area (Å²) in [5.74, 6) is -0.178. The molecule has 2 amide bonds. The van der Waals surface area contributed by atoms with E-state index in [9.17, 15) is 9.59 Å². The van der Waals surface area contributed by atoms with Crippen molar-refractivity contribution in [2.45, 2.75) is 32.8 Å². The fourth-order valence-corrected chi connectivity index (χ4v) is 2.53. The first-order valence-corrected chi connectivity index (χ1v) is 8.33. The van der Waals surface area contributed by atoms with Crippen LogP contribution in [0.5, 0.6) is 0 Å². The molecule has 23 heavy (non-hydrogen) atoms. The third kappa shape index (κ3) is 7.65. The van der Waals surface area contributed by atoms with Gasteiger partial charge in [0.2, 0.25) is 0 Å². The first-order valence-electron chi connectivity index (χ1n) is 7.25. The van der Waals surface area contributed by atoms with Gasteiger partial charge in [0.15, 0.2) is 0 Å². The zero-order chi connectivity index (χ0) is 17.5. The van der Waals surface area contributed by atoms with E-state index in [-0.39, 0.29) is 12.6 Å². The Morgan fingerprint density at radius 2 is 1.91 bits per heavy atom. The maximum absolute atomic E-state index is 11.8. The Morgan fingerprint density at radius 3 is 2.48 bits per heavy atom. The lowest BCUT2D eigenvalue weighted by Crippen LogP contribution is -2.33. The van der Waals surface area contributed by atoms with Crippen molar-refractivity contribution < 1.29 is 19.1 Å². The maximum atomic E-state index is 11.8. The van der Waals surface area contributed by atoms with E-state index in [0.29, 0.717) is 18.5 Å². The molecule has 0 saturated carbocycles. The van der Waals surface area contributed by atoms with Crippen LogP contribution in [0.15, 0.2) is 18.2 Å². The Labute approximate surface area is 150 Å². The number of nitrogens with one attached hydrogen (secondary N) is 2. The van der Waals surface area contributed by atoms with Crippen LogP contribution in [0, 0.1) is 3.57 Å². The molecule has 2 N–H and O–H groups in total. The summed E-state index contributed by atoms with van der Waals surface area (Å²) in [6.07, 6.45) is 0.236. The molecule has 0 aliphatic carbocycles. The Hall–Kier alpha value is -1.35. The molecule has 0 heterocycles.